The SMILES string of the molecule is O=C1NCCN1C(=O)c1cc(F)cc([N+](=O)[O-])c1F. The second kappa shape index (κ2) is 4.59. The van der Waals surface area contributed by atoms with Gasteiger partial charge in [-0.1, -0.05) is 0 Å². The maximum absolute atomic E-state index is 13.7. The summed E-state index contributed by atoms with van der Waals surface area (Å²) in [6, 6.07) is 0.142. The smallest absolute Gasteiger partial charge is 0.324 e. The van der Waals surface area contributed by atoms with Gasteiger partial charge in [-0.25, -0.2) is 9.18 Å². The summed E-state index contributed by atoms with van der Waals surface area (Å²) in [5.41, 5.74) is -1.99. The summed E-state index contributed by atoms with van der Waals surface area (Å²) in [6.07, 6.45) is 0. The Bertz CT molecular complexity index is 590. The van der Waals surface area contributed by atoms with E-state index in [4.69, 9.17) is 0 Å². The number of halogens is 2. The summed E-state index contributed by atoms with van der Waals surface area (Å²) < 4.78 is 26.9. The van der Waals surface area contributed by atoms with Crippen molar-refractivity contribution in [1.29, 1.82) is 0 Å². The summed E-state index contributed by atoms with van der Waals surface area (Å²) in [4.78, 5) is 33.1. The first-order valence-electron chi connectivity index (χ1n) is 5.15. The number of urea groups is 1. The average molecular weight is 271 g/mol. The van der Waals surface area contributed by atoms with Crippen molar-refractivity contribution in [2.45, 2.75) is 0 Å². The molecule has 1 aliphatic heterocycles. The predicted molar refractivity (Wildman–Crippen MR) is 57.4 cm³/mol. The number of rotatable bonds is 2. The summed E-state index contributed by atoms with van der Waals surface area (Å²) in [5, 5.41) is 12.8. The number of nitrogens with one attached hydrogen (secondary N) is 1. The molecule has 0 aromatic heterocycles. The molecule has 100 valence electrons. The molecular formula is C10H7F2N3O4. The Morgan fingerprint density at radius 3 is 2.63 bits per heavy atom. The van der Waals surface area contributed by atoms with Gasteiger partial charge in [0.05, 0.1) is 16.6 Å². The van der Waals surface area contributed by atoms with Gasteiger partial charge in [0.2, 0.25) is 5.82 Å². The van der Waals surface area contributed by atoms with Crippen LogP contribution >= 0.6 is 0 Å². The molecule has 0 saturated carbocycles. The zero-order valence-electron chi connectivity index (χ0n) is 9.35. The standard InChI is InChI=1S/C10H7F2N3O4/c11-5-3-6(8(12)7(4-5)15(18)19)9(16)14-2-1-13-10(14)17/h3-4H,1-2H2,(H,13,17). The molecule has 0 unspecified atom stereocenters. The van der Waals surface area contributed by atoms with Gasteiger partial charge in [-0.05, 0) is 6.07 Å². The van der Waals surface area contributed by atoms with Crippen LogP contribution in [0.4, 0.5) is 19.3 Å². The Kier molecular flexibility index (Phi) is 3.11. The second-order valence-corrected chi connectivity index (χ2v) is 3.73. The lowest BCUT2D eigenvalue weighted by molar-refractivity contribution is -0.387. The van der Waals surface area contributed by atoms with E-state index in [1.807, 2.05) is 0 Å². The van der Waals surface area contributed by atoms with E-state index in [1.165, 1.54) is 0 Å². The van der Waals surface area contributed by atoms with E-state index in [-0.39, 0.29) is 13.1 Å². The number of carbonyl (C=O) groups is 2. The Labute approximate surface area is 105 Å². The van der Waals surface area contributed by atoms with Crippen LogP contribution in [0.2, 0.25) is 0 Å². The Morgan fingerprint density at radius 2 is 2.11 bits per heavy atom. The molecular weight excluding hydrogens is 264 g/mol. The summed E-state index contributed by atoms with van der Waals surface area (Å²) in [7, 11) is 0. The van der Waals surface area contributed by atoms with E-state index in [1.54, 1.807) is 0 Å². The molecule has 1 aromatic carbocycles. The third-order valence-corrected chi connectivity index (χ3v) is 2.55. The van der Waals surface area contributed by atoms with Crippen molar-refractivity contribution in [3.63, 3.8) is 0 Å². The Hall–Kier alpha value is -2.58. The molecule has 1 fully saturated rings. The normalized spacial score (nSPS) is 14.4. The molecule has 7 nitrogen and oxygen atoms in total. The molecule has 3 amide bonds. The zero-order chi connectivity index (χ0) is 14.2. The van der Waals surface area contributed by atoms with Crippen molar-refractivity contribution in [1.82, 2.24) is 10.2 Å². The molecule has 1 aromatic rings. The van der Waals surface area contributed by atoms with Gasteiger partial charge < -0.3 is 5.32 Å². The Morgan fingerprint density at radius 1 is 1.42 bits per heavy atom. The number of benzene rings is 1. The van der Waals surface area contributed by atoms with Crippen LogP contribution in [0.15, 0.2) is 12.1 Å². The van der Waals surface area contributed by atoms with Gasteiger partial charge in [0.25, 0.3) is 5.91 Å². The topological polar surface area (TPSA) is 92.6 Å². The number of nitrogens with zero attached hydrogens (tertiary/aromatic N) is 2. The van der Waals surface area contributed by atoms with Crippen molar-refractivity contribution < 1.29 is 23.3 Å². The molecule has 0 aliphatic carbocycles. The third kappa shape index (κ3) is 2.21. The number of hydrogen-bond donors (Lipinski definition) is 1. The van der Waals surface area contributed by atoms with Gasteiger partial charge in [-0.2, -0.15) is 4.39 Å². The molecule has 19 heavy (non-hydrogen) atoms. The van der Waals surface area contributed by atoms with E-state index in [0.29, 0.717) is 17.0 Å². The zero-order valence-corrected chi connectivity index (χ0v) is 9.35. The van der Waals surface area contributed by atoms with Crippen LogP contribution in [0.5, 0.6) is 0 Å². The van der Waals surface area contributed by atoms with Gasteiger partial charge >= 0.3 is 11.7 Å². The van der Waals surface area contributed by atoms with Gasteiger partial charge in [0, 0.05) is 13.1 Å². The first-order chi connectivity index (χ1) is 8.91. The minimum atomic E-state index is -1.46. The van der Waals surface area contributed by atoms with E-state index in [9.17, 15) is 28.5 Å². The van der Waals surface area contributed by atoms with Crippen LogP contribution in [-0.2, 0) is 0 Å². The largest absolute Gasteiger partial charge is 0.336 e. The van der Waals surface area contributed by atoms with Crippen LogP contribution in [0.1, 0.15) is 10.4 Å². The maximum Gasteiger partial charge on any atom is 0.324 e. The highest BCUT2D eigenvalue weighted by molar-refractivity contribution is 6.05. The fraction of sp³-hybridized carbons (Fsp3) is 0.200. The molecule has 0 spiro atoms. The van der Waals surface area contributed by atoms with Gasteiger partial charge in [-0.3, -0.25) is 19.8 Å². The lowest BCUT2D eigenvalue weighted by Gasteiger charge is -2.12. The molecule has 0 radical (unpaired) electrons. The number of carbonyl (C=O) groups excluding carboxylic acids is 2. The van der Waals surface area contributed by atoms with Crippen LogP contribution < -0.4 is 5.32 Å². The summed E-state index contributed by atoms with van der Waals surface area (Å²) in [5.74, 6) is -3.71. The molecule has 1 aliphatic rings. The number of imide groups is 1. The molecule has 2 rings (SSSR count). The quantitative estimate of drug-likeness (QED) is 0.642. The van der Waals surface area contributed by atoms with Crippen LogP contribution in [-0.4, -0.2) is 34.9 Å². The third-order valence-electron chi connectivity index (χ3n) is 2.55. The molecule has 1 N–H and O–H groups in total. The molecule has 0 bridgehead atoms. The second-order valence-electron chi connectivity index (χ2n) is 3.73. The fourth-order valence-corrected chi connectivity index (χ4v) is 1.67. The number of amides is 3. The molecule has 1 heterocycles. The molecule has 9 heteroatoms. The van der Waals surface area contributed by atoms with E-state index in [0.717, 1.165) is 0 Å². The van der Waals surface area contributed by atoms with Gasteiger partial charge in [-0.15, -0.1) is 0 Å². The van der Waals surface area contributed by atoms with Crippen LogP contribution in [0.3, 0.4) is 0 Å². The summed E-state index contributed by atoms with van der Waals surface area (Å²) >= 11 is 0. The van der Waals surface area contributed by atoms with Crippen molar-refractivity contribution in [2.24, 2.45) is 0 Å². The summed E-state index contributed by atoms with van der Waals surface area (Å²) in [6.45, 7) is 0.172. The predicted octanol–water partition coefficient (Wildman–Crippen LogP) is 1.04. The van der Waals surface area contributed by atoms with Gasteiger partial charge in [0.15, 0.2) is 0 Å². The van der Waals surface area contributed by atoms with Crippen LogP contribution in [0.25, 0.3) is 0 Å². The minimum absolute atomic E-state index is 0.0125. The van der Waals surface area contributed by atoms with Crippen molar-refractivity contribution in [3.05, 3.63) is 39.4 Å². The Balaban J connectivity index is 2.47. The van der Waals surface area contributed by atoms with Crippen molar-refractivity contribution in [2.75, 3.05) is 13.1 Å². The fourth-order valence-electron chi connectivity index (χ4n) is 1.67. The maximum atomic E-state index is 13.7. The first-order valence-corrected chi connectivity index (χ1v) is 5.15. The monoisotopic (exact) mass is 271 g/mol. The van der Waals surface area contributed by atoms with E-state index >= 15 is 0 Å². The van der Waals surface area contributed by atoms with E-state index in [2.05, 4.69) is 5.32 Å². The molecule has 0 atom stereocenters. The van der Waals surface area contributed by atoms with E-state index < -0.39 is 39.7 Å². The van der Waals surface area contributed by atoms with Crippen molar-refractivity contribution >= 4 is 17.6 Å². The first kappa shape index (κ1) is 12.9. The minimum Gasteiger partial charge on any atom is -0.336 e. The number of hydrogen-bond acceptors (Lipinski definition) is 4. The number of nitro benzene ring substituents is 1. The lowest BCUT2D eigenvalue weighted by atomic mass is 10.1. The molecule has 1 saturated heterocycles. The number of nitro groups is 1. The highest BCUT2D eigenvalue weighted by Crippen LogP contribution is 2.23. The highest BCUT2D eigenvalue weighted by Gasteiger charge is 2.32. The van der Waals surface area contributed by atoms with Crippen LogP contribution in [0, 0.1) is 21.7 Å². The highest BCUT2D eigenvalue weighted by atomic mass is 19.1. The average Bonchev–Trinajstić information content (AvgIpc) is 2.76. The van der Waals surface area contributed by atoms with Crippen molar-refractivity contribution in [3.8, 4) is 0 Å². The lowest BCUT2D eigenvalue weighted by Crippen LogP contribution is -2.34. The van der Waals surface area contributed by atoms with Gasteiger partial charge in [0.1, 0.15) is 5.82 Å².